The average Bonchev–Trinajstić information content (AvgIpc) is 2.85. The van der Waals surface area contributed by atoms with Crippen LogP contribution >= 0.6 is 0 Å². The van der Waals surface area contributed by atoms with Crippen LogP contribution in [0.25, 0.3) is 21.9 Å². The quantitative estimate of drug-likeness (QED) is 0.483. The van der Waals surface area contributed by atoms with Gasteiger partial charge in [-0.15, -0.1) is 0 Å². The molecule has 0 radical (unpaired) electrons. The fourth-order valence-corrected chi connectivity index (χ4v) is 3.06. The minimum atomic E-state index is 0.930. The maximum absolute atomic E-state index is 5.34. The van der Waals surface area contributed by atoms with Crippen LogP contribution in [0.1, 0.15) is 11.1 Å². The number of fused-ring (bicyclic) bond motifs is 5. The van der Waals surface area contributed by atoms with Gasteiger partial charge in [-0.1, -0.05) is 42.5 Å². The molecule has 0 aromatic heterocycles. The number of rotatable bonds is 1. The zero-order valence-corrected chi connectivity index (χ0v) is 10.8. The first-order valence-electron chi connectivity index (χ1n) is 6.55. The van der Waals surface area contributed by atoms with Gasteiger partial charge in [0.15, 0.2) is 0 Å². The van der Waals surface area contributed by atoms with E-state index < -0.39 is 0 Å². The van der Waals surface area contributed by atoms with E-state index in [2.05, 4.69) is 48.5 Å². The molecule has 1 aliphatic rings. The van der Waals surface area contributed by atoms with Crippen molar-refractivity contribution in [3.8, 4) is 16.9 Å². The van der Waals surface area contributed by atoms with Crippen molar-refractivity contribution < 1.29 is 4.74 Å². The van der Waals surface area contributed by atoms with Gasteiger partial charge < -0.3 is 4.74 Å². The monoisotopic (exact) mass is 246 g/mol. The molecular weight excluding hydrogens is 232 g/mol. The first-order chi connectivity index (χ1) is 9.36. The average molecular weight is 246 g/mol. The highest BCUT2D eigenvalue weighted by molar-refractivity contribution is 5.95. The van der Waals surface area contributed by atoms with Crippen LogP contribution in [0, 0.1) is 0 Å². The predicted molar refractivity (Wildman–Crippen MR) is 78.7 cm³/mol. The molecule has 19 heavy (non-hydrogen) atoms. The van der Waals surface area contributed by atoms with E-state index in [0.717, 1.165) is 12.2 Å². The lowest BCUT2D eigenvalue weighted by molar-refractivity contribution is 0.415. The summed E-state index contributed by atoms with van der Waals surface area (Å²) < 4.78 is 5.34. The Bertz CT molecular complexity index is 787. The van der Waals surface area contributed by atoms with Gasteiger partial charge in [-0.25, -0.2) is 0 Å². The van der Waals surface area contributed by atoms with Crippen molar-refractivity contribution in [1.82, 2.24) is 0 Å². The third-order valence-electron chi connectivity index (χ3n) is 4.02. The first-order valence-corrected chi connectivity index (χ1v) is 6.55. The second-order valence-corrected chi connectivity index (χ2v) is 5.01. The summed E-state index contributed by atoms with van der Waals surface area (Å²) in [4.78, 5) is 0. The molecule has 3 aromatic rings. The fraction of sp³-hybridized carbons (Fsp3) is 0.111. The summed E-state index contributed by atoms with van der Waals surface area (Å²) in [6.45, 7) is 0. The molecule has 0 fully saturated rings. The normalized spacial score (nSPS) is 12.3. The second-order valence-electron chi connectivity index (χ2n) is 5.01. The molecule has 1 heteroatoms. The van der Waals surface area contributed by atoms with Crippen molar-refractivity contribution in [3.05, 3.63) is 65.7 Å². The van der Waals surface area contributed by atoms with Crippen LogP contribution in [0.15, 0.2) is 54.6 Å². The van der Waals surface area contributed by atoms with E-state index in [-0.39, 0.29) is 0 Å². The molecule has 1 nitrogen and oxygen atoms in total. The molecule has 0 N–H and O–H groups in total. The van der Waals surface area contributed by atoms with Crippen LogP contribution < -0.4 is 4.74 Å². The van der Waals surface area contributed by atoms with Crippen molar-refractivity contribution in [1.29, 1.82) is 0 Å². The van der Waals surface area contributed by atoms with Crippen LogP contribution in [0.4, 0.5) is 0 Å². The van der Waals surface area contributed by atoms with E-state index >= 15 is 0 Å². The molecule has 1 aliphatic carbocycles. The second kappa shape index (κ2) is 3.86. The van der Waals surface area contributed by atoms with Crippen molar-refractivity contribution in [2.75, 3.05) is 7.11 Å². The molecule has 0 bridgehead atoms. The van der Waals surface area contributed by atoms with Crippen LogP contribution in [-0.4, -0.2) is 7.11 Å². The minimum absolute atomic E-state index is 0.930. The maximum atomic E-state index is 5.34. The maximum Gasteiger partial charge on any atom is 0.119 e. The first kappa shape index (κ1) is 10.6. The molecule has 3 aromatic carbocycles. The summed E-state index contributed by atoms with van der Waals surface area (Å²) in [6, 6.07) is 19.4. The topological polar surface area (TPSA) is 9.23 Å². The molecule has 0 unspecified atom stereocenters. The van der Waals surface area contributed by atoms with Gasteiger partial charge in [0.05, 0.1) is 7.11 Å². The summed E-state index contributed by atoms with van der Waals surface area (Å²) in [6.07, 6.45) is 1.02. The van der Waals surface area contributed by atoms with Crippen LogP contribution in [0.5, 0.6) is 5.75 Å². The molecule has 0 amide bonds. The van der Waals surface area contributed by atoms with Crippen molar-refractivity contribution >= 4 is 10.8 Å². The number of hydrogen-bond acceptors (Lipinski definition) is 1. The van der Waals surface area contributed by atoms with Crippen molar-refractivity contribution in [3.63, 3.8) is 0 Å². The highest BCUT2D eigenvalue weighted by Gasteiger charge is 2.20. The molecule has 92 valence electrons. The van der Waals surface area contributed by atoms with Crippen LogP contribution in [0.2, 0.25) is 0 Å². The minimum Gasteiger partial charge on any atom is -0.497 e. The Labute approximate surface area is 112 Å². The summed E-state index contributed by atoms with van der Waals surface area (Å²) >= 11 is 0. The van der Waals surface area contributed by atoms with Gasteiger partial charge in [-0.3, -0.25) is 0 Å². The third kappa shape index (κ3) is 1.48. The highest BCUT2D eigenvalue weighted by atomic mass is 16.5. The Morgan fingerprint density at radius 2 is 1.79 bits per heavy atom. The lowest BCUT2D eigenvalue weighted by Gasteiger charge is -2.06. The van der Waals surface area contributed by atoms with Gasteiger partial charge in [-0.05, 0) is 51.6 Å². The third-order valence-corrected chi connectivity index (χ3v) is 4.02. The van der Waals surface area contributed by atoms with E-state index in [1.54, 1.807) is 7.11 Å². The van der Waals surface area contributed by atoms with E-state index in [0.29, 0.717) is 0 Å². The molecule has 0 saturated heterocycles. The van der Waals surface area contributed by atoms with Crippen molar-refractivity contribution in [2.45, 2.75) is 6.42 Å². The van der Waals surface area contributed by atoms with E-state index in [4.69, 9.17) is 4.74 Å². The summed E-state index contributed by atoms with van der Waals surface area (Å²) in [7, 11) is 1.72. The molecule has 0 saturated carbocycles. The van der Waals surface area contributed by atoms with E-state index in [1.165, 1.54) is 33.0 Å². The zero-order chi connectivity index (χ0) is 12.8. The van der Waals surface area contributed by atoms with Gasteiger partial charge >= 0.3 is 0 Å². The SMILES string of the molecule is COc1ccc2c(c1)-c1ccc3ccccc3c1C2. The van der Waals surface area contributed by atoms with Gasteiger partial charge in [0.2, 0.25) is 0 Å². The molecule has 0 spiro atoms. The Morgan fingerprint density at radius 3 is 2.68 bits per heavy atom. The Hall–Kier alpha value is -2.28. The van der Waals surface area contributed by atoms with Gasteiger partial charge in [0.25, 0.3) is 0 Å². The van der Waals surface area contributed by atoms with Crippen LogP contribution in [-0.2, 0) is 6.42 Å². The number of methoxy groups -OCH3 is 1. The van der Waals surface area contributed by atoms with Gasteiger partial charge in [0.1, 0.15) is 5.75 Å². The summed E-state index contributed by atoms with van der Waals surface area (Å²) in [5.41, 5.74) is 5.52. The van der Waals surface area contributed by atoms with E-state index in [9.17, 15) is 0 Å². The van der Waals surface area contributed by atoms with E-state index in [1.807, 2.05) is 6.07 Å². The van der Waals surface area contributed by atoms with Crippen LogP contribution in [0.3, 0.4) is 0 Å². The van der Waals surface area contributed by atoms with Gasteiger partial charge in [-0.2, -0.15) is 0 Å². The lowest BCUT2D eigenvalue weighted by atomic mass is 9.99. The molecule has 4 rings (SSSR count). The largest absolute Gasteiger partial charge is 0.497 e. The molecule has 0 heterocycles. The number of benzene rings is 3. The standard InChI is InChI=1S/C18H14O/c1-19-14-8-6-13-10-18-15-5-3-2-4-12(15)7-9-16(18)17(13)11-14/h2-9,11H,10H2,1H3. The Kier molecular flexibility index (Phi) is 2.16. The fourth-order valence-electron chi connectivity index (χ4n) is 3.06. The Balaban J connectivity index is 2.02. The zero-order valence-electron chi connectivity index (χ0n) is 10.8. The Morgan fingerprint density at radius 1 is 0.895 bits per heavy atom. The smallest absolute Gasteiger partial charge is 0.119 e. The van der Waals surface area contributed by atoms with Gasteiger partial charge in [0, 0.05) is 0 Å². The lowest BCUT2D eigenvalue weighted by Crippen LogP contribution is -1.84. The summed E-state index contributed by atoms with van der Waals surface area (Å²) in [5, 5.41) is 2.69. The highest BCUT2D eigenvalue weighted by Crippen LogP contribution is 2.41. The van der Waals surface area contributed by atoms with Crippen molar-refractivity contribution in [2.24, 2.45) is 0 Å². The number of ether oxygens (including phenoxy) is 1. The molecule has 0 aliphatic heterocycles. The summed E-state index contributed by atoms with van der Waals surface area (Å²) in [5.74, 6) is 0.930. The molecular formula is C18H14O. The predicted octanol–water partition coefficient (Wildman–Crippen LogP) is 4.42. The molecule has 0 atom stereocenters. The number of hydrogen-bond donors (Lipinski definition) is 0.